The molecule has 0 saturated carbocycles. The summed E-state index contributed by atoms with van der Waals surface area (Å²) in [5, 5.41) is 4.32. The van der Waals surface area contributed by atoms with Crippen LogP contribution in [0.3, 0.4) is 0 Å². The molecule has 0 radical (unpaired) electrons. The maximum atomic E-state index is 13.4. The molecule has 138 valence electrons. The number of hydrogen-bond acceptors (Lipinski definition) is 3. The van der Waals surface area contributed by atoms with E-state index in [-0.39, 0.29) is 17.8 Å². The van der Waals surface area contributed by atoms with Crippen LogP contribution in [0.15, 0.2) is 65.3 Å². The number of rotatable bonds is 3. The highest BCUT2D eigenvalue weighted by atomic mass is 79.9. The van der Waals surface area contributed by atoms with Crippen LogP contribution < -0.4 is 0 Å². The van der Waals surface area contributed by atoms with Gasteiger partial charge in [0.2, 0.25) is 0 Å². The molecule has 2 aromatic carbocycles. The van der Waals surface area contributed by atoms with Crippen molar-refractivity contribution in [2.24, 2.45) is 0 Å². The lowest BCUT2D eigenvalue weighted by Gasteiger charge is -2.32. The lowest BCUT2D eigenvalue weighted by molar-refractivity contribution is -0.0230. The van der Waals surface area contributed by atoms with Gasteiger partial charge in [-0.2, -0.15) is 5.10 Å². The monoisotopic (exact) mass is 429 g/mol. The highest BCUT2D eigenvalue weighted by molar-refractivity contribution is 9.10. The van der Waals surface area contributed by atoms with E-state index in [0.717, 1.165) is 10.0 Å². The topological polar surface area (TPSA) is 47.4 Å². The predicted octanol–water partition coefficient (Wildman–Crippen LogP) is 3.99. The minimum absolute atomic E-state index is 0.157. The van der Waals surface area contributed by atoms with Crippen LogP contribution in [-0.2, 0) is 4.74 Å². The van der Waals surface area contributed by atoms with Crippen LogP contribution in [-0.4, -0.2) is 40.3 Å². The standard InChI is InChI=1S/C20H17BrFN3O2/c21-15-6-4-14(5-7-15)19-13-24(10-11-27-19)20(26)18-8-9-25(23-18)17-3-1-2-16(22)12-17/h1-9,12,19H,10-11,13H2/t19-/m0/s1. The number of ether oxygens (including phenoxy) is 1. The van der Waals surface area contributed by atoms with Crippen molar-refractivity contribution >= 4 is 21.8 Å². The second-order valence-electron chi connectivity index (χ2n) is 6.29. The lowest BCUT2D eigenvalue weighted by Crippen LogP contribution is -2.42. The zero-order valence-electron chi connectivity index (χ0n) is 14.4. The SMILES string of the molecule is O=C(c1ccn(-c2cccc(F)c2)n1)N1CCO[C@H](c2ccc(Br)cc2)C1. The first-order chi connectivity index (χ1) is 13.1. The maximum Gasteiger partial charge on any atom is 0.274 e. The summed E-state index contributed by atoms with van der Waals surface area (Å²) in [6.07, 6.45) is 1.50. The number of amides is 1. The molecule has 1 aliphatic rings. The van der Waals surface area contributed by atoms with E-state index in [1.54, 1.807) is 29.3 Å². The summed E-state index contributed by atoms with van der Waals surface area (Å²) < 4.78 is 21.7. The Kier molecular flexibility index (Phi) is 5.05. The maximum absolute atomic E-state index is 13.4. The minimum atomic E-state index is -0.346. The third kappa shape index (κ3) is 3.94. The van der Waals surface area contributed by atoms with Crippen molar-refractivity contribution in [2.45, 2.75) is 6.10 Å². The van der Waals surface area contributed by atoms with Crippen molar-refractivity contribution in [3.8, 4) is 5.69 Å². The Morgan fingerprint density at radius 1 is 1.19 bits per heavy atom. The molecule has 1 amide bonds. The molecule has 0 unspecified atom stereocenters. The Balaban J connectivity index is 1.50. The van der Waals surface area contributed by atoms with E-state index in [0.29, 0.717) is 31.1 Å². The fraction of sp³-hybridized carbons (Fsp3) is 0.200. The molecule has 5 nitrogen and oxygen atoms in total. The molecule has 2 heterocycles. The quantitative estimate of drug-likeness (QED) is 0.632. The van der Waals surface area contributed by atoms with E-state index in [2.05, 4.69) is 21.0 Å². The van der Waals surface area contributed by atoms with Crippen molar-refractivity contribution < 1.29 is 13.9 Å². The van der Waals surface area contributed by atoms with Gasteiger partial charge in [-0.05, 0) is 42.0 Å². The summed E-state index contributed by atoms with van der Waals surface area (Å²) in [5.41, 5.74) is 1.93. The molecular formula is C20H17BrFN3O2. The van der Waals surface area contributed by atoms with Gasteiger partial charge in [0.25, 0.3) is 5.91 Å². The van der Waals surface area contributed by atoms with Gasteiger partial charge in [-0.3, -0.25) is 4.79 Å². The number of hydrogen-bond donors (Lipinski definition) is 0. The Bertz CT molecular complexity index is 958. The van der Waals surface area contributed by atoms with Gasteiger partial charge in [0.05, 0.1) is 18.8 Å². The lowest BCUT2D eigenvalue weighted by atomic mass is 10.1. The van der Waals surface area contributed by atoms with Crippen LogP contribution in [0.4, 0.5) is 4.39 Å². The average molecular weight is 430 g/mol. The van der Waals surface area contributed by atoms with Crippen molar-refractivity contribution in [3.63, 3.8) is 0 Å². The fourth-order valence-electron chi connectivity index (χ4n) is 3.08. The molecule has 1 aromatic heterocycles. The van der Waals surface area contributed by atoms with E-state index in [4.69, 9.17) is 4.74 Å². The predicted molar refractivity (Wildman–Crippen MR) is 102 cm³/mol. The first-order valence-corrected chi connectivity index (χ1v) is 9.37. The number of nitrogens with zero attached hydrogens (tertiary/aromatic N) is 3. The molecule has 4 rings (SSSR count). The van der Waals surface area contributed by atoms with Crippen molar-refractivity contribution in [1.29, 1.82) is 0 Å². The van der Waals surface area contributed by atoms with Crippen LogP contribution in [0.2, 0.25) is 0 Å². The molecule has 1 saturated heterocycles. The summed E-state index contributed by atoms with van der Waals surface area (Å²) in [6, 6.07) is 15.6. The number of carbonyl (C=O) groups excluding carboxylic acids is 1. The molecule has 7 heteroatoms. The molecule has 1 fully saturated rings. The Hall–Kier alpha value is -2.51. The number of aromatic nitrogens is 2. The first-order valence-electron chi connectivity index (χ1n) is 8.58. The molecule has 1 aliphatic heterocycles. The fourth-order valence-corrected chi connectivity index (χ4v) is 3.34. The normalized spacial score (nSPS) is 17.1. The van der Waals surface area contributed by atoms with E-state index in [9.17, 15) is 9.18 Å². The van der Waals surface area contributed by atoms with Crippen LogP contribution in [0.5, 0.6) is 0 Å². The van der Waals surface area contributed by atoms with E-state index in [1.807, 2.05) is 24.3 Å². The zero-order chi connectivity index (χ0) is 18.8. The number of halogens is 2. The molecule has 0 aliphatic carbocycles. The van der Waals surface area contributed by atoms with Crippen LogP contribution >= 0.6 is 15.9 Å². The molecule has 3 aromatic rings. The molecule has 1 atom stereocenters. The van der Waals surface area contributed by atoms with Crippen LogP contribution in [0.1, 0.15) is 22.2 Å². The summed E-state index contributed by atoms with van der Waals surface area (Å²) in [7, 11) is 0. The smallest absolute Gasteiger partial charge is 0.274 e. The van der Waals surface area contributed by atoms with E-state index >= 15 is 0 Å². The summed E-state index contributed by atoms with van der Waals surface area (Å²) >= 11 is 3.42. The van der Waals surface area contributed by atoms with Crippen molar-refractivity contribution in [3.05, 3.63) is 82.3 Å². The second kappa shape index (κ2) is 7.62. The van der Waals surface area contributed by atoms with Crippen molar-refractivity contribution in [2.75, 3.05) is 19.7 Å². The van der Waals surface area contributed by atoms with E-state index < -0.39 is 0 Å². The van der Waals surface area contributed by atoms with Gasteiger partial charge >= 0.3 is 0 Å². The van der Waals surface area contributed by atoms with Crippen LogP contribution in [0.25, 0.3) is 5.69 Å². The van der Waals surface area contributed by atoms with Gasteiger partial charge in [-0.25, -0.2) is 9.07 Å². The van der Waals surface area contributed by atoms with Gasteiger partial charge in [0.1, 0.15) is 11.9 Å². The molecule has 27 heavy (non-hydrogen) atoms. The Labute approximate surface area is 164 Å². The highest BCUT2D eigenvalue weighted by Crippen LogP contribution is 2.24. The van der Waals surface area contributed by atoms with Gasteiger partial charge in [-0.1, -0.05) is 34.1 Å². The molecule has 0 spiro atoms. The van der Waals surface area contributed by atoms with Crippen LogP contribution in [0, 0.1) is 5.82 Å². The van der Waals surface area contributed by atoms with Gasteiger partial charge in [-0.15, -0.1) is 0 Å². The second-order valence-corrected chi connectivity index (χ2v) is 7.20. The highest BCUT2D eigenvalue weighted by Gasteiger charge is 2.27. The number of carbonyl (C=O) groups is 1. The third-order valence-corrected chi connectivity index (χ3v) is 5.01. The van der Waals surface area contributed by atoms with Gasteiger partial charge in [0.15, 0.2) is 5.69 Å². The zero-order valence-corrected chi connectivity index (χ0v) is 16.0. The largest absolute Gasteiger partial charge is 0.370 e. The number of morpholine rings is 1. The third-order valence-electron chi connectivity index (χ3n) is 4.48. The average Bonchev–Trinajstić information content (AvgIpc) is 3.18. The van der Waals surface area contributed by atoms with Gasteiger partial charge in [0, 0.05) is 17.2 Å². The molecule has 0 bridgehead atoms. The summed E-state index contributed by atoms with van der Waals surface area (Å²) in [4.78, 5) is 14.6. The number of benzene rings is 2. The Morgan fingerprint density at radius 2 is 2.00 bits per heavy atom. The van der Waals surface area contributed by atoms with Crippen molar-refractivity contribution in [1.82, 2.24) is 14.7 Å². The summed E-state index contributed by atoms with van der Waals surface area (Å²) in [6.45, 7) is 1.45. The first kappa shape index (κ1) is 17.9. The summed E-state index contributed by atoms with van der Waals surface area (Å²) in [5.74, 6) is -0.503. The van der Waals surface area contributed by atoms with Gasteiger partial charge < -0.3 is 9.64 Å². The molecular weight excluding hydrogens is 413 g/mol. The van der Waals surface area contributed by atoms with E-state index in [1.165, 1.54) is 16.8 Å². The Morgan fingerprint density at radius 3 is 2.78 bits per heavy atom. The molecule has 0 N–H and O–H groups in total. The minimum Gasteiger partial charge on any atom is -0.370 e.